The van der Waals surface area contributed by atoms with Crippen molar-refractivity contribution in [1.82, 2.24) is 15.3 Å². The van der Waals surface area contributed by atoms with Gasteiger partial charge in [-0.3, -0.25) is 4.72 Å². The van der Waals surface area contributed by atoms with Crippen LogP contribution in [0.2, 0.25) is 0 Å². The number of anilines is 1. The molecule has 0 saturated heterocycles. The van der Waals surface area contributed by atoms with Gasteiger partial charge in [0.25, 0.3) is 10.0 Å². The summed E-state index contributed by atoms with van der Waals surface area (Å²) >= 11 is 1.48. The van der Waals surface area contributed by atoms with Crippen LogP contribution in [0.15, 0.2) is 29.7 Å². The van der Waals surface area contributed by atoms with Gasteiger partial charge in [-0.15, -0.1) is 11.3 Å². The molecule has 0 atom stereocenters. The van der Waals surface area contributed by atoms with Crippen molar-refractivity contribution in [2.24, 2.45) is 0 Å². The number of rotatable bonds is 6. The number of aromatic nitrogens is 2. The second-order valence-electron chi connectivity index (χ2n) is 4.90. The molecular formula is C13H18N4O2S2. The Labute approximate surface area is 128 Å². The molecule has 114 valence electrons. The molecule has 8 heteroatoms. The van der Waals surface area contributed by atoms with Crippen LogP contribution >= 0.6 is 11.3 Å². The number of nitrogens with one attached hydrogen (secondary N) is 2. The average molecular weight is 326 g/mol. The van der Waals surface area contributed by atoms with Gasteiger partial charge in [0.15, 0.2) is 0 Å². The number of thiophene rings is 1. The number of hydrogen-bond donors (Lipinski definition) is 2. The molecule has 0 unspecified atom stereocenters. The number of nitrogens with zero attached hydrogens (tertiary/aromatic N) is 2. The third-order valence-corrected chi connectivity index (χ3v) is 5.40. The van der Waals surface area contributed by atoms with E-state index in [-0.39, 0.29) is 0 Å². The summed E-state index contributed by atoms with van der Waals surface area (Å²) < 4.78 is 27.3. The van der Waals surface area contributed by atoms with E-state index in [0.717, 1.165) is 9.75 Å². The first kappa shape index (κ1) is 15.9. The van der Waals surface area contributed by atoms with Crippen LogP contribution in [0.5, 0.6) is 0 Å². The fourth-order valence-corrected chi connectivity index (χ4v) is 4.36. The maximum absolute atomic E-state index is 12.4. The Morgan fingerprint density at radius 3 is 2.57 bits per heavy atom. The number of sulfonamides is 1. The lowest BCUT2D eigenvalue weighted by molar-refractivity contribution is 0.592. The zero-order chi connectivity index (χ0) is 15.5. The van der Waals surface area contributed by atoms with E-state index < -0.39 is 10.0 Å². The summed E-state index contributed by atoms with van der Waals surface area (Å²) in [5.74, 6) is 0. The SMILES string of the molecule is Cc1sc(CNC(C)C)cc1S(=O)(=O)Nc1cncnc1. The molecule has 0 bridgehead atoms. The molecule has 0 fully saturated rings. The molecule has 0 aliphatic heterocycles. The highest BCUT2D eigenvalue weighted by Gasteiger charge is 2.20. The molecule has 2 aromatic rings. The summed E-state index contributed by atoms with van der Waals surface area (Å²) in [6.07, 6.45) is 4.20. The molecule has 6 nitrogen and oxygen atoms in total. The van der Waals surface area contributed by atoms with Crippen molar-refractivity contribution < 1.29 is 8.42 Å². The van der Waals surface area contributed by atoms with Crippen LogP contribution in [0.25, 0.3) is 0 Å². The van der Waals surface area contributed by atoms with E-state index in [1.54, 1.807) is 13.0 Å². The Kier molecular flexibility index (Phi) is 4.92. The monoisotopic (exact) mass is 326 g/mol. The molecule has 2 N–H and O–H groups in total. The van der Waals surface area contributed by atoms with Crippen LogP contribution in [-0.4, -0.2) is 24.4 Å². The molecule has 0 saturated carbocycles. The van der Waals surface area contributed by atoms with Crippen LogP contribution in [0, 0.1) is 6.92 Å². The van der Waals surface area contributed by atoms with Gasteiger partial charge in [0.05, 0.1) is 18.1 Å². The molecule has 2 aromatic heterocycles. The first-order valence-electron chi connectivity index (χ1n) is 6.49. The van der Waals surface area contributed by atoms with Crippen LogP contribution in [0.3, 0.4) is 0 Å². The first-order valence-corrected chi connectivity index (χ1v) is 8.79. The molecule has 0 aliphatic rings. The van der Waals surface area contributed by atoms with Crippen molar-refractivity contribution in [2.45, 2.75) is 38.3 Å². The fraction of sp³-hybridized carbons (Fsp3) is 0.385. The number of aryl methyl sites for hydroxylation is 1. The van der Waals surface area contributed by atoms with Gasteiger partial charge in [-0.2, -0.15) is 0 Å². The Hall–Kier alpha value is -1.51. The second-order valence-corrected chi connectivity index (χ2v) is 7.89. The molecule has 2 rings (SSSR count). The van der Waals surface area contributed by atoms with Crippen molar-refractivity contribution in [1.29, 1.82) is 0 Å². The van der Waals surface area contributed by atoms with Gasteiger partial charge >= 0.3 is 0 Å². The summed E-state index contributed by atoms with van der Waals surface area (Å²) in [6.45, 7) is 6.57. The Morgan fingerprint density at radius 2 is 1.95 bits per heavy atom. The third kappa shape index (κ3) is 4.23. The van der Waals surface area contributed by atoms with E-state index in [1.807, 2.05) is 0 Å². The minimum atomic E-state index is -3.61. The Morgan fingerprint density at radius 1 is 1.29 bits per heavy atom. The second kappa shape index (κ2) is 6.50. The summed E-state index contributed by atoms with van der Waals surface area (Å²) in [5.41, 5.74) is 0.352. The average Bonchev–Trinajstić information content (AvgIpc) is 2.79. The summed E-state index contributed by atoms with van der Waals surface area (Å²) in [5, 5.41) is 3.28. The van der Waals surface area contributed by atoms with E-state index in [4.69, 9.17) is 0 Å². The standard InChI is InChI=1S/C13H18N4O2S2/c1-9(2)16-7-12-4-13(10(3)20-12)21(18,19)17-11-5-14-8-15-6-11/h4-6,8-9,16-17H,7H2,1-3H3. The minimum absolute atomic E-state index is 0.303. The minimum Gasteiger partial charge on any atom is -0.310 e. The lowest BCUT2D eigenvalue weighted by atomic mass is 10.3. The van der Waals surface area contributed by atoms with Crippen LogP contribution < -0.4 is 10.0 Å². The fourth-order valence-electron chi connectivity index (χ4n) is 1.74. The van der Waals surface area contributed by atoms with Gasteiger partial charge < -0.3 is 5.32 Å². The van der Waals surface area contributed by atoms with Gasteiger partial charge in [-0.25, -0.2) is 18.4 Å². The normalized spacial score (nSPS) is 11.8. The summed E-state index contributed by atoms with van der Waals surface area (Å²) in [7, 11) is -3.61. The van der Waals surface area contributed by atoms with Gasteiger partial charge in [0.1, 0.15) is 11.2 Å². The zero-order valence-electron chi connectivity index (χ0n) is 12.1. The smallest absolute Gasteiger partial charge is 0.263 e. The van der Waals surface area contributed by atoms with E-state index in [0.29, 0.717) is 23.2 Å². The van der Waals surface area contributed by atoms with Crippen molar-refractivity contribution in [2.75, 3.05) is 4.72 Å². The molecule has 0 aliphatic carbocycles. The Balaban J connectivity index is 2.20. The molecule has 0 radical (unpaired) electrons. The number of hydrogen-bond acceptors (Lipinski definition) is 6. The maximum Gasteiger partial charge on any atom is 0.263 e. The highest BCUT2D eigenvalue weighted by atomic mass is 32.2. The van der Waals surface area contributed by atoms with Crippen molar-refractivity contribution in [3.63, 3.8) is 0 Å². The quantitative estimate of drug-likeness (QED) is 0.850. The first-order chi connectivity index (χ1) is 9.88. The molecule has 2 heterocycles. The van der Waals surface area contributed by atoms with E-state index in [2.05, 4.69) is 33.9 Å². The molecule has 0 spiro atoms. The van der Waals surface area contributed by atoms with Crippen molar-refractivity contribution in [3.05, 3.63) is 34.5 Å². The van der Waals surface area contributed by atoms with Crippen LogP contribution in [0.1, 0.15) is 23.6 Å². The summed E-state index contributed by atoms with van der Waals surface area (Å²) in [6, 6.07) is 2.06. The predicted octanol–water partition coefficient (Wildman–Crippen LogP) is 2.15. The zero-order valence-corrected chi connectivity index (χ0v) is 13.8. The van der Waals surface area contributed by atoms with Crippen molar-refractivity contribution in [3.8, 4) is 0 Å². The van der Waals surface area contributed by atoms with Crippen LogP contribution in [-0.2, 0) is 16.6 Å². The lowest BCUT2D eigenvalue weighted by Crippen LogP contribution is -2.21. The molecule has 0 aromatic carbocycles. The van der Waals surface area contributed by atoms with E-state index in [9.17, 15) is 8.42 Å². The van der Waals surface area contributed by atoms with Gasteiger partial charge in [-0.05, 0) is 13.0 Å². The lowest BCUT2D eigenvalue weighted by Gasteiger charge is -2.06. The largest absolute Gasteiger partial charge is 0.310 e. The van der Waals surface area contributed by atoms with Gasteiger partial charge in [0, 0.05) is 22.3 Å². The Bertz CT molecular complexity index is 696. The third-order valence-electron chi connectivity index (χ3n) is 2.71. The highest BCUT2D eigenvalue weighted by molar-refractivity contribution is 7.93. The van der Waals surface area contributed by atoms with Gasteiger partial charge in [0.2, 0.25) is 0 Å². The molecule has 21 heavy (non-hydrogen) atoms. The van der Waals surface area contributed by atoms with Gasteiger partial charge in [-0.1, -0.05) is 13.8 Å². The van der Waals surface area contributed by atoms with Crippen molar-refractivity contribution >= 4 is 27.0 Å². The molecule has 0 amide bonds. The van der Waals surface area contributed by atoms with E-state index in [1.165, 1.54) is 30.1 Å². The van der Waals surface area contributed by atoms with E-state index >= 15 is 0 Å². The predicted molar refractivity (Wildman–Crippen MR) is 83.9 cm³/mol. The summed E-state index contributed by atoms with van der Waals surface area (Å²) in [4.78, 5) is 9.65. The highest BCUT2D eigenvalue weighted by Crippen LogP contribution is 2.27. The van der Waals surface area contributed by atoms with Crippen LogP contribution in [0.4, 0.5) is 5.69 Å². The maximum atomic E-state index is 12.4. The topological polar surface area (TPSA) is 84.0 Å². The molecular weight excluding hydrogens is 308 g/mol.